The van der Waals surface area contributed by atoms with Gasteiger partial charge >= 0.3 is 0 Å². The van der Waals surface area contributed by atoms with Crippen molar-refractivity contribution in [1.82, 2.24) is 4.98 Å². The fourth-order valence-corrected chi connectivity index (χ4v) is 4.55. The summed E-state index contributed by atoms with van der Waals surface area (Å²) < 4.78 is 0. The third-order valence-electron chi connectivity index (χ3n) is 6.65. The average Bonchev–Trinajstić information content (AvgIpc) is 3.66. The van der Waals surface area contributed by atoms with Crippen molar-refractivity contribution < 1.29 is 9.90 Å². The first kappa shape index (κ1) is 20.5. The molecule has 5 rings (SSSR count). The van der Waals surface area contributed by atoms with E-state index in [-0.39, 0.29) is 35.1 Å². The Kier molecular flexibility index (Phi) is 5.28. The zero-order valence-electron chi connectivity index (χ0n) is 17.8. The number of phenols is 1. The van der Waals surface area contributed by atoms with Crippen molar-refractivity contribution >= 4 is 22.4 Å². The number of phenolic OH excluding ortho intramolecular Hbond substituents is 1. The van der Waals surface area contributed by atoms with Crippen molar-refractivity contribution in [2.24, 2.45) is 11.7 Å². The molecule has 0 saturated heterocycles. The number of anilines is 1. The van der Waals surface area contributed by atoms with Crippen LogP contribution in [0.1, 0.15) is 54.4 Å². The van der Waals surface area contributed by atoms with Gasteiger partial charge in [-0.25, -0.2) is 0 Å². The van der Waals surface area contributed by atoms with Gasteiger partial charge < -0.3 is 16.2 Å². The second-order valence-electron chi connectivity index (χ2n) is 9.02. The molecule has 0 spiro atoms. The summed E-state index contributed by atoms with van der Waals surface area (Å²) in [4.78, 5) is 17.7. The van der Waals surface area contributed by atoms with Gasteiger partial charge in [0.25, 0.3) is 0 Å². The number of hydrogen-bond acceptors (Lipinski definition) is 6. The first-order valence-electron chi connectivity index (χ1n) is 11.3. The number of nitrogens with two attached hydrogens (primary N) is 1. The van der Waals surface area contributed by atoms with E-state index >= 15 is 0 Å². The fraction of sp³-hybridized carbons (Fsp3) is 0.346. The average molecular weight is 427 g/mol. The van der Waals surface area contributed by atoms with E-state index in [1.165, 1.54) is 6.07 Å². The van der Waals surface area contributed by atoms with Crippen LogP contribution in [-0.4, -0.2) is 28.0 Å². The summed E-state index contributed by atoms with van der Waals surface area (Å²) in [6.45, 7) is 0. The summed E-state index contributed by atoms with van der Waals surface area (Å²) >= 11 is 0. The smallest absolute Gasteiger partial charge is 0.169 e. The van der Waals surface area contributed by atoms with Crippen LogP contribution in [0.4, 0.5) is 5.69 Å². The lowest BCUT2D eigenvalue weighted by atomic mass is 9.91. The van der Waals surface area contributed by atoms with Crippen LogP contribution in [0.2, 0.25) is 0 Å². The van der Waals surface area contributed by atoms with E-state index in [0.717, 1.165) is 66.2 Å². The van der Waals surface area contributed by atoms with Gasteiger partial charge in [-0.2, -0.15) is 5.26 Å². The molecular formula is C26H26N4O2. The van der Waals surface area contributed by atoms with Crippen molar-refractivity contribution in [2.45, 2.75) is 50.6 Å². The van der Waals surface area contributed by atoms with Gasteiger partial charge in [0.1, 0.15) is 11.8 Å². The van der Waals surface area contributed by atoms with Crippen molar-refractivity contribution in [2.75, 3.05) is 5.32 Å². The van der Waals surface area contributed by atoms with Crippen molar-refractivity contribution in [1.29, 1.82) is 5.26 Å². The molecule has 0 aliphatic heterocycles. The zero-order chi connectivity index (χ0) is 22.2. The van der Waals surface area contributed by atoms with E-state index in [9.17, 15) is 15.2 Å². The highest BCUT2D eigenvalue weighted by Gasteiger charge is 2.33. The molecule has 4 N–H and O–H groups in total. The highest BCUT2D eigenvalue weighted by atomic mass is 16.3. The van der Waals surface area contributed by atoms with E-state index in [2.05, 4.69) is 10.3 Å². The summed E-state index contributed by atoms with van der Waals surface area (Å²) in [5, 5.41) is 23.7. The number of carbonyl (C=O) groups excluding carboxylic acids is 1. The highest BCUT2D eigenvalue weighted by molar-refractivity contribution is 6.10. The number of benzene rings is 2. The molecule has 0 bridgehead atoms. The zero-order valence-corrected chi connectivity index (χ0v) is 17.8. The van der Waals surface area contributed by atoms with Gasteiger partial charge in [-0.05, 0) is 73.9 Å². The summed E-state index contributed by atoms with van der Waals surface area (Å²) in [5.41, 5.74) is 10.4. The minimum atomic E-state index is -0.0334. The molecular weight excluding hydrogens is 400 g/mol. The molecule has 0 atom stereocenters. The molecule has 2 aliphatic carbocycles. The van der Waals surface area contributed by atoms with Gasteiger partial charge in [0.05, 0.1) is 22.3 Å². The molecule has 1 heterocycles. The van der Waals surface area contributed by atoms with Crippen LogP contribution in [0.5, 0.6) is 5.75 Å². The molecule has 0 amide bonds. The molecule has 6 heteroatoms. The number of rotatable bonds is 5. The number of pyridine rings is 1. The number of aromatic hydroxyl groups is 1. The third-order valence-corrected chi connectivity index (χ3v) is 6.65. The predicted octanol–water partition coefficient (Wildman–Crippen LogP) is 4.75. The summed E-state index contributed by atoms with van der Waals surface area (Å²) in [5.74, 6) is 0.234. The molecule has 0 unspecified atom stereocenters. The van der Waals surface area contributed by atoms with Gasteiger partial charge in [0.15, 0.2) is 5.78 Å². The molecule has 0 radical (unpaired) electrons. The lowest BCUT2D eigenvalue weighted by Crippen LogP contribution is -2.33. The van der Waals surface area contributed by atoms with E-state index in [1.54, 1.807) is 18.3 Å². The molecule has 3 aromatic rings. The summed E-state index contributed by atoms with van der Waals surface area (Å²) in [6, 6.07) is 13.5. The predicted molar refractivity (Wildman–Crippen MR) is 124 cm³/mol. The highest BCUT2D eigenvalue weighted by Crippen LogP contribution is 2.38. The molecule has 2 aliphatic rings. The first-order valence-corrected chi connectivity index (χ1v) is 11.3. The maximum absolute atomic E-state index is 13.1. The van der Waals surface area contributed by atoms with Gasteiger partial charge in [0, 0.05) is 29.6 Å². The Balaban J connectivity index is 1.61. The largest absolute Gasteiger partial charge is 0.507 e. The number of nitrogens with zero attached hydrogens (tertiary/aromatic N) is 2. The lowest BCUT2D eigenvalue weighted by molar-refractivity contribution is 0.0968. The minimum absolute atomic E-state index is 0.0334. The molecule has 1 aromatic heterocycles. The standard InChI is InChI=1S/C26H26N4O2/c27-13-18-11-16(4-10-24(18)31)17-3-9-23-21(12-17)25(30-20-7-5-19(28)6-8-20)22(14-29-23)26(32)15-1-2-15/h3-4,9-12,14-15,19-20,31H,1-2,5-8,28H2,(H,29,30). The van der Waals surface area contributed by atoms with Gasteiger partial charge in [-0.3, -0.25) is 9.78 Å². The Bertz CT molecular complexity index is 1230. The van der Waals surface area contributed by atoms with E-state index in [1.807, 2.05) is 24.3 Å². The third kappa shape index (κ3) is 3.92. The number of nitrogens with one attached hydrogen (secondary N) is 1. The number of carbonyl (C=O) groups is 1. The van der Waals surface area contributed by atoms with Gasteiger partial charge in [-0.15, -0.1) is 0 Å². The molecule has 2 fully saturated rings. The molecule has 162 valence electrons. The van der Waals surface area contributed by atoms with Crippen LogP contribution >= 0.6 is 0 Å². The van der Waals surface area contributed by atoms with Crippen LogP contribution in [0, 0.1) is 17.2 Å². The first-order chi connectivity index (χ1) is 15.5. The van der Waals surface area contributed by atoms with E-state index in [0.29, 0.717) is 5.56 Å². The number of hydrogen-bond donors (Lipinski definition) is 3. The minimum Gasteiger partial charge on any atom is -0.507 e. The number of Topliss-reactive ketones (excluding diaryl/α,β-unsaturated/α-hetero) is 1. The quantitative estimate of drug-likeness (QED) is 0.508. The van der Waals surface area contributed by atoms with E-state index in [4.69, 9.17) is 5.73 Å². The van der Waals surface area contributed by atoms with Crippen molar-refractivity contribution in [3.05, 3.63) is 53.7 Å². The second-order valence-corrected chi connectivity index (χ2v) is 9.02. The SMILES string of the molecule is N#Cc1cc(-c2ccc3ncc(C(=O)C4CC4)c(NC4CCC(N)CC4)c3c2)ccc1O. The Morgan fingerprint density at radius 2 is 1.78 bits per heavy atom. The van der Waals surface area contributed by atoms with Gasteiger partial charge in [0.2, 0.25) is 0 Å². The molecule has 6 nitrogen and oxygen atoms in total. The van der Waals surface area contributed by atoms with Crippen molar-refractivity contribution in [3.63, 3.8) is 0 Å². The maximum Gasteiger partial charge on any atom is 0.169 e. The molecule has 2 saturated carbocycles. The number of fused-ring (bicyclic) bond motifs is 1. The number of aromatic nitrogens is 1. The maximum atomic E-state index is 13.1. The Morgan fingerprint density at radius 3 is 2.50 bits per heavy atom. The molecule has 32 heavy (non-hydrogen) atoms. The lowest BCUT2D eigenvalue weighted by Gasteiger charge is -2.29. The summed E-state index contributed by atoms with van der Waals surface area (Å²) in [7, 11) is 0. The number of nitriles is 1. The molecule has 2 aromatic carbocycles. The Labute approximate surface area is 187 Å². The van der Waals surface area contributed by atoms with Gasteiger partial charge in [-0.1, -0.05) is 12.1 Å². The van der Waals surface area contributed by atoms with Crippen LogP contribution in [-0.2, 0) is 0 Å². The second kappa shape index (κ2) is 8.25. The number of ketones is 1. The fourth-order valence-electron chi connectivity index (χ4n) is 4.55. The monoisotopic (exact) mass is 426 g/mol. The van der Waals surface area contributed by atoms with Crippen LogP contribution in [0.3, 0.4) is 0 Å². The topological polar surface area (TPSA) is 112 Å². The van der Waals surface area contributed by atoms with Crippen LogP contribution in [0.15, 0.2) is 42.6 Å². The normalized spacial score (nSPS) is 20.6. The Morgan fingerprint density at radius 1 is 1.06 bits per heavy atom. The summed E-state index contributed by atoms with van der Waals surface area (Å²) in [6.07, 6.45) is 7.51. The van der Waals surface area contributed by atoms with E-state index < -0.39 is 0 Å². The van der Waals surface area contributed by atoms with Crippen molar-refractivity contribution in [3.8, 4) is 22.9 Å². The Hall–Kier alpha value is -3.43. The van der Waals surface area contributed by atoms with Crippen LogP contribution in [0.25, 0.3) is 22.0 Å². The van der Waals surface area contributed by atoms with Crippen LogP contribution < -0.4 is 11.1 Å².